The molecule has 0 unspecified atom stereocenters. The van der Waals surface area contributed by atoms with Gasteiger partial charge in [0, 0.05) is 23.6 Å². The molecule has 120 valence electrons. The highest BCUT2D eigenvalue weighted by molar-refractivity contribution is 5.88. The Hall–Kier alpha value is -3.08. The van der Waals surface area contributed by atoms with E-state index < -0.39 is 0 Å². The van der Waals surface area contributed by atoms with Gasteiger partial charge >= 0.3 is 0 Å². The van der Waals surface area contributed by atoms with Gasteiger partial charge in [-0.15, -0.1) is 0 Å². The number of amides is 1. The average molecular weight is 319 g/mol. The van der Waals surface area contributed by atoms with Crippen LogP contribution in [0.25, 0.3) is 22.0 Å². The Morgan fingerprint density at radius 1 is 1.21 bits per heavy atom. The van der Waals surface area contributed by atoms with E-state index in [-0.39, 0.29) is 5.91 Å². The summed E-state index contributed by atoms with van der Waals surface area (Å²) in [7, 11) is 0. The highest BCUT2D eigenvalue weighted by Gasteiger charge is 2.08. The van der Waals surface area contributed by atoms with Gasteiger partial charge in [0.2, 0.25) is 5.91 Å². The lowest BCUT2D eigenvalue weighted by Crippen LogP contribution is -2.27. The molecule has 1 amide bonds. The quantitative estimate of drug-likeness (QED) is 0.593. The Morgan fingerprint density at radius 2 is 2.12 bits per heavy atom. The number of nitrogens with zero attached hydrogens (tertiary/aromatic N) is 1. The first-order valence-corrected chi connectivity index (χ1v) is 7.93. The molecule has 2 aromatic heterocycles. The van der Waals surface area contributed by atoms with E-state index in [0.29, 0.717) is 13.0 Å². The molecule has 24 heavy (non-hydrogen) atoms. The predicted octanol–water partition coefficient (Wildman–Crippen LogP) is 3.21. The monoisotopic (exact) mass is 319 g/mol. The van der Waals surface area contributed by atoms with Crippen molar-refractivity contribution in [2.75, 3.05) is 6.54 Å². The van der Waals surface area contributed by atoms with Crippen molar-refractivity contribution < 1.29 is 9.21 Å². The summed E-state index contributed by atoms with van der Waals surface area (Å²) in [5, 5.41) is 4.08. The van der Waals surface area contributed by atoms with Crippen LogP contribution < -0.4 is 5.32 Å². The van der Waals surface area contributed by atoms with Gasteiger partial charge in [0.25, 0.3) is 0 Å². The molecule has 2 aromatic carbocycles. The standard InChI is InChI=1S/C19H17N3O2/c23-19(10-14-11-21-16-4-2-1-3-15(14)16)20-8-7-13-5-6-18-17(9-13)22-12-24-18/h1-6,9,11-12,21H,7-8,10H2,(H,20,23). The minimum absolute atomic E-state index is 0.0299. The highest BCUT2D eigenvalue weighted by Crippen LogP contribution is 2.18. The number of aromatic nitrogens is 2. The van der Waals surface area contributed by atoms with Gasteiger partial charge in [-0.05, 0) is 35.7 Å². The van der Waals surface area contributed by atoms with Crippen LogP contribution in [-0.2, 0) is 17.6 Å². The summed E-state index contributed by atoms with van der Waals surface area (Å²) < 4.78 is 5.23. The van der Waals surface area contributed by atoms with Crippen LogP contribution >= 0.6 is 0 Å². The van der Waals surface area contributed by atoms with Crippen molar-refractivity contribution in [2.24, 2.45) is 0 Å². The van der Waals surface area contributed by atoms with Crippen molar-refractivity contribution in [1.29, 1.82) is 0 Å². The molecule has 0 atom stereocenters. The van der Waals surface area contributed by atoms with Crippen molar-refractivity contribution in [3.8, 4) is 0 Å². The number of oxazole rings is 1. The topological polar surface area (TPSA) is 70.9 Å². The van der Waals surface area contributed by atoms with E-state index in [1.165, 1.54) is 6.39 Å². The molecule has 0 radical (unpaired) electrons. The number of benzene rings is 2. The van der Waals surface area contributed by atoms with Crippen molar-refractivity contribution in [2.45, 2.75) is 12.8 Å². The van der Waals surface area contributed by atoms with Gasteiger partial charge in [0.05, 0.1) is 6.42 Å². The van der Waals surface area contributed by atoms with Gasteiger partial charge in [0.15, 0.2) is 12.0 Å². The molecule has 2 heterocycles. The largest absolute Gasteiger partial charge is 0.443 e. The molecule has 0 saturated carbocycles. The molecular formula is C19H17N3O2. The molecule has 2 N–H and O–H groups in total. The molecule has 0 aliphatic rings. The maximum Gasteiger partial charge on any atom is 0.224 e. The van der Waals surface area contributed by atoms with Crippen molar-refractivity contribution in [1.82, 2.24) is 15.3 Å². The van der Waals surface area contributed by atoms with Gasteiger partial charge < -0.3 is 14.7 Å². The van der Waals surface area contributed by atoms with Crippen LogP contribution in [-0.4, -0.2) is 22.4 Å². The molecule has 5 heteroatoms. The van der Waals surface area contributed by atoms with Gasteiger partial charge in [-0.1, -0.05) is 24.3 Å². The molecule has 0 fully saturated rings. The molecule has 0 bridgehead atoms. The number of carbonyl (C=O) groups excluding carboxylic acids is 1. The second-order valence-corrected chi connectivity index (χ2v) is 5.79. The summed E-state index contributed by atoms with van der Waals surface area (Å²) in [5.41, 5.74) is 4.83. The number of carbonyl (C=O) groups is 1. The number of hydrogen-bond acceptors (Lipinski definition) is 3. The van der Waals surface area contributed by atoms with Crippen LogP contribution in [0, 0.1) is 0 Å². The first-order valence-electron chi connectivity index (χ1n) is 7.93. The molecule has 4 aromatic rings. The second-order valence-electron chi connectivity index (χ2n) is 5.79. The zero-order valence-corrected chi connectivity index (χ0v) is 13.1. The summed E-state index contributed by atoms with van der Waals surface area (Å²) in [6.45, 7) is 0.602. The molecule has 0 spiro atoms. The number of rotatable bonds is 5. The lowest BCUT2D eigenvalue weighted by atomic mass is 10.1. The lowest BCUT2D eigenvalue weighted by molar-refractivity contribution is -0.120. The van der Waals surface area contributed by atoms with E-state index in [2.05, 4.69) is 15.3 Å². The third-order valence-electron chi connectivity index (χ3n) is 4.16. The number of para-hydroxylation sites is 1. The Labute approximate surface area is 138 Å². The lowest BCUT2D eigenvalue weighted by Gasteiger charge is -2.05. The zero-order valence-electron chi connectivity index (χ0n) is 13.1. The summed E-state index contributed by atoms with van der Waals surface area (Å²) in [6, 6.07) is 13.9. The number of H-pyrrole nitrogens is 1. The third kappa shape index (κ3) is 2.88. The first-order chi connectivity index (χ1) is 11.8. The maximum atomic E-state index is 12.2. The average Bonchev–Trinajstić information content (AvgIpc) is 3.22. The molecule has 5 nitrogen and oxygen atoms in total. The molecule has 0 saturated heterocycles. The second kappa shape index (κ2) is 6.20. The number of aromatic amines is 1. The summed E-state index contributed by atoms with van der Waals surface area (Å²) in [6.07, 6.45) is 4.49. The van der Waals surface area contributed by atoms with Crippen molar-refractivity contribution >= 4 is 27.9 Å². The number of nitrogens with one attached hydrogen (secondary N) is 2. The van der Waals surface area contributed by atoms with Gasteiger partial charge in [-0.3, -0.25) is 4.79 Å². The predicted molar refractivity (Wildman–Crippen MR) is 92.7 cm³/mol. The molecular weight excluding hydrogens is 302 g/mol. The Kier molecular flexibility index (Phi) is 3.75. The summed E-state index contributed by atoms with van der Waals surface area (Å²) in [4.78, 5) is 19.5. The molecule has 0 aliphatic carbocycles. The Balaban J connectivity index is 1.34. The van der Waals surface area contributed by atoms with E-state index >= 15 is 0 Å². The van der Waals surface area contributed by atoms with Crippen LogP contribution in [0.2, 0.25) is 0 Å². The molecule has 0 aliphatic heterocycles. The van der Waals surface area contributed by atoms with Crippen LogP contribution in [0.1, 0.15) is 11.1 Å². The minimum atomic E-state index is 0.0299. The Bertz CT molecular complexity index is 1000. The number of fused-ring (bicyclic) bond motifs is 2. The van der Waals surface area contributed by atoms with Gasteiger partial charge in [-0.25, -0.2) is 4.98 Å². The van der Waals surface area contributed by atoms with Crippen molar-refractivity contribution in [3.05, 3.63) is 66.2 Å². The van der Waals surface area contributed by atoms with E-state index in [9.17, 15) is 4.79 Å². The van der Waals surface area contributed by atoms with Crippen LogP contribution in [0.15, 0.2) is 59.5 Å². The molecule has 4 rings (SSSR count). The SMILES string of the molecule is O=C(Cc1c[nH]c2ccccc12)NCCc1ccc2ocnc2c1. The number of hydrogen-bond donors (Lipinski definition) is 2. The third-order valence-corrected chi connectivity index (χ3v) is 4.16. The summed E-state index contributed by atoms with van der Waals surface area (Å²) in [5.74, 6) is 0.0299. The normalized spacial score (nSPS) is 11.2. The van der Waals surface area contributed by atoms with E-state index in [1.54, 1.807) is 0 Å². The fourth-order valence-corrected chi connectivity index (χ4v) is 2.92. The Morgan fingerprint density at radius 3 is 3.08 bits per heavy atom. The maximum absolute atomic E-state index is 12.2. The van der Waals surface area contributed by atoms with Crippen LogP contribution in [0.3, 0.4) is 0 Å². The smallest absolute Gasteiger partial charge is 0.224 e. The van der Waals surface area contributed by atoms with Gasteiger partial charge in [-0.2, -0.15) is 0 Å². The van der Waals surface area contributed by atoms with Gasteiger partial charge in [0.1, 0.15) is 5.52 Å². The van der Waals surface area contributed by atoms with Crippen LogP contribution in [0.4, 0.5) is 0 Å². The van der Waals surface area contributed by atoms with E-state index in [1.807, 2.05) is 48.7 Å². The van der Waals surface area contributed by atoms with E-state index in [0.717, 1.165) is 39.6 Å². The minimum Gasteiger partial charge on any atom is -0.443 e. The van der Waals surface area contributed by atoms with E-state index in [4.69, 9.17) is 4.42 Å². The van der Waals surface area contributed by atoms with Crippen LogP contribution in [0.5, 0.6) is 0 Å². The fraction of sp³-hybridized carbons (Fsp3) is 0.158. The first kappa shape index (κ1) is 14.5. The zero-order chi connectivity index (χ0) is 16.4. The summed E-state index contributed by atoms with van der Waals surface area (Å²) >= 11 is 0. The van der Waals surface area contributed by atoms with Crippen molar-refractivity contribution in [3.63, 3.8) is 0 Å². The fourth-order valence-electron chi connectivity index (χ4n) is 2.92. The highest BCUT2D eigenvalue weighted by atomic mass is 16.3.